The predicted molar refractivity (Wildman–Crippen MR) is 92.1 cm³/mol. The van der Waals surface area contributed by atoms with E-state index in [0.717, 1.165) is 5.56 Å². The number of ether oxygens (including phenoxy) is 3. The lowest BCUT2D eigenvalue weighted by Gasteiger charge is -2.13. The molecule has 3 rings (SSSR count). The Balaban J connectivity index is 1.55. The predicted octanol–water partition coefficient (Wildman–Crippen LogP) is 2.67. The summed E-state index contributed by atoms with van der Waals surface area (Å²) in [6, 6.07) is 12.4. The fourth-order valence-electron chi connectivity index (χ4n) is 2.64. The summed E-state index contributed by atoms with van der Waals surface area (Å²) >= 11 is 0. The van der Waals surface area contributed by atoms with Crippen LogP contribution in [0.2, 0.25) is 0 Å². The zero-order valence-electron chi connectivity index (χ0n) is 14.0. The second kappa shape index (κ2) is 7.90. The molecule has 0 saturated heterocycles. The number of rotatable bonds is 7. The van der Waals surface area contributed by atoms with Crippen molar-refractivity contribution in [1.29, 1.82) is 0 Å². The quantitative estimate of drug-likeness (QED) is 0.808. The molecular formula is C19H21NO5. The van der Waals surface area contributed by atoms with Crippen LogP contribution in [0.4, 0.5) is 0 Å². The van der Waals surface area contributed by atoms with E-state index in [4.69, 9.17) is 14.2 Å². The van der Waals surface area contributed by atoms with E-state index in [-0.39, 0.29) is 12.7 Å². The Hall–Kier alpha value is -2.73. The number of carbonyl (C=O) groups excluding carboxylic acids is 1. The van der Waals surface area contributed by atoms with Crippen LogP contribution in [-0.2, 0) is 0 Å². The first kappa shape index (κ1) is 17.1. The highest BCUT2D eigenvalue weighted by Gasteiger charge is 2.17. The molecule has 2 N–H and O–H groups in total. The molecule has 1 aliphatic heterocycles. The molecule has 1 atom stereocenters. The molecule has 1 amide bonds. The zero-order valence-corrected chi connectivity index (χ0v) is 14.0. The maximum Gasteiger partial charge on any atom is 0.255 e. The summed E-state index contributed by atoms with van der Waals surface area (Å²) in [6.45, 7) is 2.91. The Morgan fingerprint density at radius 2 is 2.04 bits per heavy atom. The molecule has 6 nitrogen and oxygen atoms in total. The monoisotopic (exact) mass is 343 g/mol. The van der Waals surface area contributed by atoms with Crippen molar-refractivity contribution in [1.82, 2.24) is 5.32 Å². The molecule has 0 aliphatic carbocycles. The lowest BCUT2D eigenvalue weighted by molar-refractivity contribution is 0.0939. The Morgan fingerprint density at radius 3 is 2.88 bits per heavy atom. The van der Waals surface area contributed by atoms with Gasteiger partial charge in [0.05, 0.1) is 18.3 Å². The van der Waals surface area contributed by atoms with Crippen LogP contribution in [0.15, 0.2) is 42.5 Å². The van der Waals surface area contributed by atoms with Gasteiger partial charge in [0.1, 0.15) is 5.75 Å². The van der Waals surface area contributed by atoms with E-state index in [9.17, 15) is 9.90 Å². The molecule has 1 heterocycles. The maximum atomic E-state index is 12.3. The number of carbonyl (C=O) groups is 1. The lowest BCUT2D eigenvalue weighted by atomic mass is 10.1. The van der Waals surface area contributed by atoms with Crippen LogP contribution in [0, 0.1) is 0 Å². The molecule has 25 heavy (non-hydrogen) atoms. The minimum atomic E-state index is -0.697. The number of hydrogen-bond acceptors (Lipinski definition) is 5. The Bertz CT molecular complexity index is 746. The van der Waals surface area contributed by atoms with E-state index in [2.05, 4.69) is 5.32 Å². The molecule has 0 aromatic heterocycles. The molecule has 0 spiro atoms. The zero-order chi connectivity index (χ0) is 17.6. The Morgan fingerprint density at radius 1 is 1.24 bits per heavy atom. The third kappa shape index (κ3) is 4.03. The summed E-state index contributed by atoms with van der Waals surface area (Å²) in [4.78, 5) is 12.3. The minimum absolute atomic E-state index is 0.199. The van der Waals surface area contributed by atoms with E-state index >= 15 is 0 Å². The highest BCUT2D eigenvalue weighted by atomic mass is 16.7. The van der Waals surface area contributed by atoms with Gasteiger partial charge in [-0.25, -0.2) is 0 Å². The van der Waals surface area contributed by atoms with Gasteiger partial charge in [0, 0.05) is 6.54 Å². The van der Waals surface area contributed by atoms with Crippen LogP contribution in [0.25, 0.3) is 0 Å². The molecule has 1 unspecified atom stereocenters. The van der Waals surface area contributed by atoms with Crippen LogP contribution >= 0.6 is 0 Å². The topological polar surface area (TPSA) is 77.0 Å². The van der Waals surface area contributed by atoms with E-state index in [1.54, 1.807) is 36.4 Å². The highest BCUT2D eigenvalue weighted by Crippen LogP contribution is 2.34. The van der Waals surface area contributed by atoms with Crippen molar-refractivity contribution in [3.8, 4) is 17.2 Å². The second-order valence-corrected chi connectivity index (χ2v) is 5.60. The van der Waals surface area contributed by atoms with E-state index in [1.807, 2.05) is 13.0 Å². The van der Waals surface area contributed by atoms with Crippen molar-refractivity contribution in [2.24, 2.45) is 0 Å². The largest absolute Gasteiger partial charge is 0.493 e. The molecule has 1 aliphatic rings. The summed E-state index contributed by atoms with van der Waals surface area (Å²) in [5, 5.41) is 13.1. The van der Waals surface area contributed by atoms with Gasteiger partial charge in [-0.3, -0.25) is 4.79 Å². The number of para-hydroxylation sites is 1. The fourth-order valence-corrected chi connectivity index (χ4v) is 2.64. The average molecular weight is 343 g/mol. The number of aliphatic hydroxyl groups excluding tert-OH is 1. The minimum Gasteiger partial charge on any atom is -0.493 e. The summed E-state index contributed by atoms with van der Waals surface area (Å²) in [7, 11) is 0. The van der Waals surface area contributed by atoms with Crippen molar-refractivity contribution in [3.05, 3.63) is 53.6 Å². The number of nitrogens with one attached hydrogen (secondary N) is 1. The van der Waals surface area contributed by atoms with Gasteiger partial charge >= 0.3 is 0 Å². The van der Waals surface area contributed by atoms with Gasteiger partial charge in [-0.05, 0) is 43.2 Å². The third-order valence-electron chi connectivity index (χ3n) is 3.92. The van der Waals surface area contributed by atoms with Gasteiger partial charge in [0.15, 0.2) is 11.5 Å². The number of amides is 1. The first-order valence-electron chi connectivity index (χ1n) is 8.26. The van der Waals surface area contributed by atoms with Crippen LogP contribution in [-0.4, -0.2) is 31.0 Å². The molecule has 6 heteroatoms. The maximum absolute atomic E-state index is 12.3. The Kier molecular flexibility index (Phi) is 5.40. The molecule has 2 aromatic carbocycles. The third-order valence-corrected chi connectivity index (χ3v) is 3.92. The summed E-state index contributed by atoms with van der Waals surface area (Å²) in [5.74, 6) is 1.64. The fraction of sp³-hybridized carbons (Fsp3) is 0.316. The van der Waals surface area contributed by atoms with Crippen molar-refractivity contribution < 1.29 is 24.1 Å². The van der Waals surface area contributed by atoms with Crippen molar-refractivity contribution >= 4 is 5.91 Å². The van der Waals surface area contributed by atoms with Gasteiger partial charge in [-0.15, -0.1) is 0 Å². The molecule has 0 bridgehead atoms. The number of aliphatic hydroxyl groups is 1. The average Bonchev–Trinajstić information content (AvgIpc) is 3.10. The van der Waals surface area contributed by atoms with Crippen LogP contribution in [0.1, 0.15) is 35.4 Å². The summed E-state index contributed by atoms with van der Waals surface area (Å²) < 4.78 is 16.0. The van der Waals surface area contributed by atoms with Gasteiger partial charge in [-0.1, -0.05) is 18.2 Å². The van der Waals surface area contributed by atoms with Gasteiger partial charge in [-0.2, -0.15) is 0 Å². The first-order chi connectivity index (χ1) is 12.2. The van der Waals surface area contributed by atoms with Gasteiger partial charge in [0.25, 0.3) is 5.91 Å². The van der Waals surface area contributed by atoms with Gasteiger partial charge in [0.2, 0.25) is 6.79 Å². The van der Waals surface area contributed by atoms with Crippen molar-refractivity contribution in [2.45, 2.75) is 19.4 Å². The second-order valence-electron chi connectivity index (χ2n) is 5.60. The Labute approximate surface area is 146 Å². The molecular weight excluding hydrogens is 322 g/mol. The lowest BCUT2D eigenvalue weighted by Crippen LogP contribution is -2.26. The number of hydrogen-bond donors (Lipinski definition) is 2. The SMILES string of the molecule is CCOc1ccccc1C(=O)NCCC(O)c1ccc2c(c1)OCO2. The van der Waals surface area contributed by atoms with Crippen LogP contribution < -0.4 is 19.5 Å². The van der Waals surface area contributed by atoms with E-state index in [1.165, 1.54) is 0 Å². The summed E-state index contributed by atoms with van der Waals surface area (Å²) in [5.41, 5.74) is 1.22. The molecule has 0 saturated carbocycles. The number of fused-ring (bicyclic) bond motifs is 1. The van der Waals surface area contributed by atoms with E-state index < -0.39 is 6.10 Å². The van der Waals surface area contributed by atoms with Crippen molar-refractivity contribution in [2.75, 3.05) is 19.9 Å². The highest BCUT2D eigenvalue weighted by molar-refractivity contribution is 5.96. The van der Waals surface area contributed by atoms with Crippen molar-refractivity contribution in [3.63, 3.8) is 0 Å². The van der Waals surface area contributed by atoms with Crippen LogP contribution in [0.5, 0.6) is 17.2 Å². The van der Waals surface area contributed by atoms with E-state index in [0.29, 0.717) is 42.4 Å². The normalized spacial score (nSPS) is 13.4. The molecule has 0 radical (unpaired) electrons. The molecule has 2 aromatic rings. The first-order valence-corrected chi connectivity index (χ1v) is 8.26. The molecule has 0 fully saturated rings. The summed E-state index contributed by atoms with van der Waals surface area (Å²) in [6.07, 6.45) is -0.306. The molecule has 132 valence electrons. The number of benzene rings is 2. The van der Waals surface area contributed by atoms with Crippen LogP contribution in [0.3, 0.4) is 0 Å². The van der Waals surface area contributed by atoms with Gasteiger partial charge < -0.3 is 24.6 Å². The smallest absolute Gasteiger partial charge is 0.255 e. The standard InChI is InChI=1S/C19H21NO5/c1-2-23-16-6-4-3-5-14(16)19(22)20-10-9-15(21)13-7-8-17-18(11-13)25-12-24-17/h3-8,11,15,21H,2,9-10,12H2,1H3,(H,20,22).